The van der Waals surface area contributed by atoms with Gasteiger partial charge in [-0.25, -0.2) is 0 Å². The minimum absolute atomic E-state index is 0.559. The van der Waals surface area contributed by atoms with Gasteiger partial charge in [0.15, 0.2) is 0 Å². The number of benzene rings is 1. The highest BCUT2D eigenvalue weighted by Crippen LogP contribution is 2.38. The monoisotopic (exact) mass is 286 g/mol. The molecule has 1 saturated heterocycles. The summed E-state index contributed by atoms with van der Waals surface area (Å²) in [6.45, 7) is 9.41. The molecular formula is C19H30N2. The van der Waals surface area contributed by atoms with Gasteiger partial charge in [-0.15, -0.1) is 0 Å². The van der Waals surface area contributed by atoms with Gasteiger partial charge in [-0.1, -0.05) is 57.5 Å². The van der Waals surface area contributed by atoms with Gasteiger partial charge in [-0.2, -0.15) is 0 Å². The lowest BCUT2D eigenvalue weighted by Gasteiger charge is -2.51. The molecule has 1 aliphatic heterocycles. The average molecular weight is 286 g/mol. The fraction of sp³-hybridized carbons (Fsp3) is 0.684. The smallest absolute Gasteiger partial charge is 0.0476 e. The minimum Gasteiger partial charge on any atom is -0.311 e. The van der Waals surface area contributed by atoms with Crippen LogP contribution in [0.25, 0.3) is 0 Å². The highest BCUT2D eigenvalue weighted by molar-refractivity contribution is 5.21. The Balaban J connectivity index is 1.76. The Hall–Kier alpha value is -0.860. The molecule has 2 heteroatoms. The van der Waals surface area contributed by atoms with Gasteiger partial charge in [-0.3, -0.25) is 4.90 Å². The summed E-state index contributed by atoms with van der Waals surface area (Å²) < 4.78 is 0. The van der Waals surface area contributed by atoms with Gasteiger partial charge in [0.05, 0.1) is 0 Å². The molecule has 1 aromatic carbocycles. The normalized spacial score (nSPS) is 35.2. The number of hydrogen-bond donors (Lipinski definition) is 1. The maximum atomic E-state index is 3.82. The lowest BCUT2D eigenvalue weighted by molar-refractivity contribution is 0.00887. The van der Waals surface area contributed by atoms with Crippen molar-refractivity contribution in [1.82, 2.24) is 10.2 Å². The van der Waals surface area contributed by atoms with Crippen molar-refractivity contribution in [3.05, 3.63) is 35.9 Å². The van der Waals surface area contributed by atoms with Gasteiger partial charge in [0, 0.05) is 31.2 Å². The summed E-state index contributed by atoms with van der Waals surface area (Å²) in [5.41, 5.74) is 1.48. The molecular weight excluding hydrogens is 256 g/mol. The molecule has 116 valence electrons. The van der Waals surface area contributed by atoms with Crippen LogP contribution in [0.4, 0.5) is 0 Å². The van der Waals surface area contributed by atoms with E-state index in [0.29, 0.717) is 12.1 Å². The average Bonchev–Trinajstić information content (AvgIpc) is 2.51. The fourth-order valence-electron chi connectivity index (χ4n) is 3.98. The quantitative estimate of drug-likeness (QED) is 0.904. The first kappa shape index (κ1) is 15.1. The van der Waals surface area contributed by atoms with Crippen LogP contribution < -0.4 is 5.32 Å². The molecule has 3 atom stereocenters. The van der Waals surface area contributed by atoms with Crippen LogP contribution in [-0.2, 0) is 0 Å². The van der Waals surface area contributed by atoms with Gasteiger partial charge in [-0.05, 0) is 30.2 Å². The summed E-state index contributed by atoms with van der Waals surface area (Å²) in [5, 5.41) is 3.82. The second-order valence-corrected chi connectivity index (χ2v) is 7.25. The third-order valence-electron chi connectivity index (χ3n) is 5.71. The van der Waals surface area contributed by atoms with E-state index in [9.17, 15) is 0 Å². The lowest BCUT2D eigenvalue weighted by atomic mass is 9.78. The van der Waals surface area contributed by atoms with Crippen molar-refractivity contribution in [2.24, 2.45) is 11.8 Å². The van der Waals surface area contributed by atoms with Crippen LogP contribution in [0.1, 0.15) is 51.6 Å². The highest BCUT2D eigenvalue weighted by atomic mass is 15.3. The van der Waals surface area contributed by atoms with Crippen LogP contribution in [-0.4, -0.2) is 30.1 Å². The summed E-state index contributed by atoms with van der Waals surface area (Å²) in [6, 6.07) is 13.1. The Morgan fingerprint density at radius 2 is 1.95 bits per heavy atom. The highest BCUT2D eigenvalue weighted by Gasteiger charge is 2.39. The fourth-order valence-corrected chi connectivity index (χ4v) is 3.98. The zero-order chi connectivity index (χ0) is 14.8. The van der Waals surface area contributed by atoms with E-state index < -0.39 is 0 Å². The van der Waals surface area contributed by atoms with Gasteiger partial charge in [0.2, 0.25) is 0 Å². The van der Waals surface area contributed by atoms with Crippen molar-refractivity contribution in [3.63, 3.8) is 0 Å². The molecule has 1 aromatic rings. The van der Waals surface area contributed by atoms with Crippen molar-refractivity contribution in [3.8, 4) is 0 Å². The zero-order valence-corrected chi connectivity index (χ0v) is 13.8. The Labute approximate surface area is 129 Å². The third-order valence-corrected chi connectivity index (χ3v) is 5.71. The Kier molecular flexibility index (Phi) is 4.66. The molecule has 1 aliphatic carbocycles. The predicted molar refractivity (Wildman–Crippen MR) is 89.3 cm³/mol. The maximum absolute atomic E-state index is 3.82. The molecule has 3 rings (SSSR count). The van der Waals surface area contributed by atoms with E-state index in [0.717, 1.165) is 24.4 Å². The van der Waals surface area contributed by atoms with Crippen LogP contribution in [0.3, 0.4) is 0 Å². The number of rotatable bonds is 4. The standard InChI is InChI=1S/C19H30N2/c1-4-15(3)18-13-21(17-10-14(2)11-17)19(12-20-18)16-8-6-5-7-9-16/h5-9,14-15,17-20H,4,10-13H2,1-3H3. The summed E-state index contributed by atoms with van der Waals surface area (Å²) in [5.74, 6) is 1.69. The molecule has 0 bridgehead atoms. The third kappa shape index (κ3) is 3.17. The van der Waals surface area contributed by atoms with Crippen LogP contribution in [0.2, 0.25) is 0 Å². The number of nitrogens with zero attached hydrogens (tertiary/aromatic N) is 1. The van der Waals surface area contributed by atoms with Crippen molar-refractivity contribution in [2.75, 3.05) is 13.1 Å². The van der Waals surface area contributed by atoms with E-state index in [-0.39, 0.29) is 0 Å². The Bertz CT molecular complexity index is 438. The molecule has 3 unspecified atom stereocenters. The first-order valence-corrected chi connectivity index (χ1v) is 8.73. The second-order valence-electron chi connectivity index (χ2n) is 7.25. The molecule has 0 aromatic heterocycles. The molecule has 2 nitrogen and oxygen atoms in total. The molecule has 2 aliphatic rings. The number of piperazine rings is 1. The van der Waals surface area contributed by atoms with Crippen LogP contribution in [0.15, 0.2) is 30.3 Å². The maximum Gasteiger partial charge on any atom is 0.0476 e. The predicted octanol–water partition coefficient (Wildman–Crippen LogP) is 3.85. The number of nitrogens with one attached hydrogen (secondary N) is 1. The van der Waals surface area contributed by atoms with Crippen molar-refractivity contribution >= 4 is 0 Å². The summed E-state index contributed by atoms with van der Waals surface area (Å²) >= 11 is 0. The minimum atomic E-state index is 0.559. The summed E-state index contributed by atoms with van der Waals surface area (Å²) in [4.78, 5) is 2.81. The van der Waals surface area contributed by atoms with E-state index in [4.69, 9.17) is 0 Å². The molecule has 1 heterocycles. The Morgan fingerprint density at radius 3 is 2.57 bits per heavy atom. The lowest BCUT2D eigenvalue weighted by Crippen LogP contribution is -2.59. The molecule has 21 heavy (non-hydrogen) atoms. The van der Waals surface area contributed by atoms with E-state index in [1.807, 2.05) is 0 Å². The molecule has 0 amide bonds. The first-order valence-electron chi connectivity index (χ1n) is 8.73. The van der Waals surface area contributed by atoms with Crippen LogP contribution in [0, 0.1) is 11.8 Å². The summed E-state index contributed by atoms with van der Waals surface area (Å²) in [6.07, 6.45) is 4.04. The number of hydrogen-bond acceptors (Lipinski definition) is 2. The first-order chi connectivity index (χ1) is 10.2. The SMILES string of the molecule is CCC(C)C1CN(C2CC(C)C2)C(c2ccccc2)CN1. The van der Waals surface area contributed by atoms with Gasteiger partial charge in [0.25, 0.3) is 0 Å². The van der Waals surface area contributed by atoms with E-state index in [1.54, 1.807) is 0 Å². The van der Waals surface area contributed by atoms with Crippen molar-refractivity contribution in [1.29, 1.82) is 0 Å². The summed E-state index contributed by atoms with van der Waals surface area (Å²) in [7, 11) is 0. The van der Waals surface area contributed by atoms with Gasteiger partial charge in [0.1, 0.15) is 0 Å². The molecule has 2 fully saturated rings. The molecule has 1 N–H and O–H groups in total. The molecule has 0 radical (unpaired) electrons. The Morgan fingerprint density at radius 1 is 1.24 bits per heavy atom. The zero-order valence-electron chi connectivity index (χ0n) is 13.8. The van der Waals surface area contributed by atoms with Crippen LogP contribution >= 0.6 is 0 Å². The van der Waals surface area contributed by atoms with E-state index >= 15 is 0 Å². The van der Waals surface area contributed by atoms with Crippen LogP contribution in [0.5, 0.6) is 0 Å². The molecule has 1 saturated carbocycles. The molecule has 0 spiro atoms. The van der Waals surface area contributed by atoms with Crippen molar-refractivity contribution in [2.45, 2.75) is 58.2 Å². The topological polar surface area (TPSA) is 15.3 Å². The second kappa shape index (κ2) is 6.50. The van der Waals surface area contributed by atoms with E-state index in [1.165, 1.54) is 31.4 Å². The van der Waals surface area contributed by atoms with Crippen molar-refractivity contribution < 1.29 is 0 Å². The van der Waals surface area contributed by atoms with Gasteiger partial charge >= 0.3 is 0 Å². The largest absolute Gasteiger partial charge is 0.311 e. The van der Waals surface area contributed by atoms with E-state index in [2.05, 4.69) is 61.3 Å². The van der Waals surface area contributed by atoms with Gasteiger partial charge < -0.3 is 5.32 Å².